The standard InChI is InChI=1S/C19H23N5O/c1-14-5-7-17(8-6-14)23-12-18(21-13-23)19(25)20-9-4-10-24-16(3)11-15(2)22-24/h5-8,11-13H,4,9-10H2,1-3H3,(H,20,25). The summed E-state index contributed by atoms with van der Waals surface area (Å²) in [7, 11) is 0. The SMILES string of the molecule is Cc1ccc(-n2cnc(C(=O)NCCCn3nc(C)cc3C)c2)cc1. The Morgan fingerprint density at radius 2 is 1.92 bits per heavy atom. The number of aromatic nitrogens is 4. The molecule has 2 aromatic heterocycles. The summed E-state index contributed by atoms with van der Waals surface area (Å²) in [6, 6.07) is 10.1. The van der Waals surface area contributed by atoms with E-state index in [1.807, 2.05) is 54.3 Å². The van der Waals surface area contributed by atoms with Gasteiger partial charge in [0.1, 0.15) is 12.0 Å². The van der Waals surface area contributed by atoms with Crippen LogP contribution in [0.3, 0.4) is 0 Å². The molecule has 0 saturated carbocycles. The maximum Gasteiger partial charge on any atom is 0.271 e. The van der Waals surface area contributed by atoms with E-state index in [9.17, 15) is 4.79 Å². The molecule has 0 spiro atoms. The molecule has 0 aliphatic heterocycles. The number of hydrogen-bond donors (Lipinski definition) is 1. The molecule has 25 heavy (non-hydrogen) atoms. The Labute approximate surface area is 147 Å². The van der Waals surface area contributed by atoms with Crippen LogP contribution < -0.4 is 5.32 Å². The van der Waals surface area contributed by atoms with Gasteiger partial charge in [0, 0.05) is 30.7 Å². The van der Waals surface area contributed by atoms with Crippen LogP contribution in [0.1, 0.15) is 33.9 Å². The molecule has 0 fully saturated rings. The number of amides is 1. The Morgan fingerprint density at radius 3 is 2.60 bits per heavy atom. The van der Waals surface area contributed by atoms with Crippen LogP contribution in [0.25, 0.3) is 5.69 Å². The van der Waals surface area contributed by atoms with Crippen molar-refractivity contribution in [2.24, 2.45) is 0 Å². The lowest BCUT2D eigenvalue weighted by atomic mass is 10.2. The number of aryl methyl sites for hydroxylation is 4. The van der Waals surface area contributed by atoms with Crippen molar-refractivity contribution < 1.29 is 4.79 Å². The van der Waals surface area contributed by atoms with Crippen LogP contribution in [0.15, 0.2) is 42.9 Å². The largest absolute Gasteiger partial charge is 0.351 e. The lowest BCUT2D eigenvalue weighted by molar-refractivity contribution is 0.0948. The molecular weight excluding hydrogens is 314 g/mol. The molecule has 0 aliphatic carbocycles. The van der Waals surface area contributed by atoms with Gasteiger partial charge in [-0.25, -0.2) is 4.98 Å². The Kier molecular flexibility index (Phi) is 4.97. The van der Waals surface area contributed by atoms with E-state index in [0.29, 0.717) is 12.2 Å². The topological polar surface area (TPSA) is 64.7 Å². The smallest absolute Gasteiger partial charge is 0.271 e. The second kappa shape index (κ2) is 7.34. The fourth-order valence-electron chi connectivity index (χ4n) is 2.72. The zero-order valence-electron chi connectivity index (χ0n) is 14.9. The zero-order chi connectivity index (χ0) is 17.8. The number of benzene rings is 1. The van der Waals surface area contributed by atoms with E-state index in [1.165, 1.54) is 5.56 Å². The van der Waals surface area contributed by atoms with Crippen molar-refractivity contribution in [1.29, 1.82) is 0 Å². The Morgan fingerprint density at radius 1 is 1.16 bits per heavy atom. The molecule has 2 heterocycles. The number of imidazole rings is 1. The van der Waals surface area contributed by atoms with Crippen LogP contribution in [0.5, 0.6) is 0 Å². The maximum absolute atomic E-state index is 12.2. The summed E-state index contributed by atoms with van der Waals surface area (Å²) in [5.74, 6) is -0.153. The quantitative estimate of drug-likeness (QED) is 0.704. The van der Waals surface area contributed by atoms with Crippen molar-refractivity contribution in [3.63, 3.8) is 0 Å². The van der Waals surface area contributed by atoms with Crippen LogP contribution in [0.4, 0.5) is 0 Å². The highest BCUT2D eigenvalue weighted by Gasteiger charge is 2.09. The Hall–Kier alpha value is -2.89. The van der Waals surface area contributed by atoms with Gasteiger partial charge in [-0.1, -0.05) is 17.7 Å². The van der Waals surface area contributed by atoms with Gasteiger partial charge in [-0.3, -0.25) is 9.48 Å². The molecule has 0 radical (unpaired) electrons. The summed E-state index contributed by atoms with van der Waals surface area (Å²) < 4.78 is 3.82. The summed E-state index contributed by atoms with van der Waals surface area (Å²) >= 11 is 0. The van der Waals surface area contributed by atoms with E-state index in [1.54, 1.807) is 12.5 Å². The Balaban J connectivity index is 1.52. The minimum atomic E-state index is -0.153. The summed E-state index contributed by atoms with van der Waals surface area (Å²) in [6.45, 7) is 7.45. The number of nitrogens with zero attached hydrogens (tertiary/aromatic N) is 4. The van der Waals surface area contributed by atoms with Crippen molar-refractivity contribution in [3.05, 3.63) is 65.5 Å². The fourth-order valence-corrected chi connectivity index (χ4v) is 2.72. The van der Waals surface area contributed by atoms with Crippen molar-refractivity contribution >= 4 is 5.91 Å². The van der Waals surface area contributed by atoms with Gasteiger partial charge in [0.15, 0.2) is 0 Å². The van der Waals surface area contributed by atoms with Crippen LogP contribution in [-0.4, -0.2) is 31.8 Å². The van der Waals surface area contributed by atoms with Crippen LogP contribution in [0.2, 0.25) is 0 Å². The number of hydrogen-bond acceptors (Lipinski definition) is 3. The molecule has 0 unspecified atom stereocenters. The molecule has 6 heteroatoms. The number of carbonyl (C=O) groups excluding carboxylic acids is 1. The minimum absolute atomic E-state index is 0.153. The van der Waals surface area contributed by atoms with Crippen molar-refractivity contribution in [2.45, 2.75) is 33.7 Å². The Bertz CT molecular complexity index is 860. The van der Waals surface area contributed by atoms with E-state index < -0.39 is 0 Å². The zero-order valence-corrected chi connectivity index (χ0v) is 14.9. The third-order valence-corrected chi connectivity index (χ3v) is 4.08. The van der Waals surface area contributed by atoms with Gasteiger partial charge in [-0.15, -0.1) is 0 Å². The third kappa shape index (κ3) is 4.15. The molecule has 1 amide bonds. The van der Waals surface area contributed by atoms with E-state index in [4.69, 9.17) is 0 Å². The van der Waals surface area contributed by atoms with Crippen LogP contribution >= 0.6 is 0 Å². The second-order valence-corrected chi connectivity index (χ2v) is 6.26. The van der Waals surface area contributed by atoms with Gasteiger partial charge in [-0.2, -0.15) is 5.10 Å². The van der Waals surface area contributed by atoms with E-state index in [2.05, 4.69) is 21.5 Å². The lowest BCUT2D eigenvalue weighted by Gasteiger charge is -2.05. The van der Waals surface area contributed by atoms with Gasteiger partial charge in [0.25, 0.3) is 5.91 Å². The van der Waals surface area contributed by atoms with Gasteiger partial charge in [0.05, 0.1) is 5.69 Å². The molecule has 0 saturated heterocycles. The molecule has 0 atom stereocenters. The molecule has 6 nitrogen and oxygen atoms in total. The first kappa shape index (κ1) is 17.0. The lowest BCUT2D eigenvalue weighted by Crippen LogP contribution is -2.25. The highest BCUT2D eigenvalue weighted by molar-refractivity contribution is 5.92. The molecule has 3 rings (SSSR count). The molecule has 0 aliphatic rings. The fraction of sp³-hybridized carbons (Fsp3) is 0.316. The molecule has 130 valence electrons. The van der Waals surface area contributed by atoms with Crippen molar-refractivity contribution in [1.82, 2.24) is 24.6 Å². The average molecular weight is 337 g/mol. The van der Waals surface area contributed by atoms with Crippen LogP contribution in [0, 0.1) is 20.8 Å². The van der Waals surface area contributed by atoms with Gasteiger partial charge in [0.2, 0.25) is 0 Å². The third-order valence-electron chi connectivity index (χ3n) is 4.08. The van der Waals surface area contributed by atoms with Crippen molar-refractivity contribution in [2.75, 3.05) is 6.54 Å². The van der Waals surface area contributed by atoms with Gasteiger partial charge >= 0.3 is 0 Å². The first-order valence-corrected chi connectivity index (χ1v) is 8.43. The van der Waals surface area contributed by atoms with E-state index in [0.717, 1.165) is 30.0 Å². The van der Waals surface area contributed by atoms with E-state index >= 15 is 0 Å². The molecule has 0 bridgehead atoms. The average Bonchev–Trinajstić information content (AvgIpc) is 3.19. The van der Waals surface area contributed by atoms with Gasteiger partial charge in [-0.05, 0) is 45.4 Å². The normalized spacial score (nSPS) is 10.8. The van der Waals surface area contributed by atoms with Crippen LogP contribution in [-0.2, 0) is 6.54 Å². The monoisotopic (exact) mass is 337 g/mol. The molecule has 1 aromatic carbocycles. The van der Waals surface area contributed by atoms with Crippen molar-refractivity contribution in [3.8, 4) is 5.69 Å². The maximum atomic E-state index is 12.2. The summed E-state index contributed by atoms with van der Waals surface area (Å²) in [5, 5.41) is 7.33. The number of rotatable bonds is 6. The number of nitrogens with one attached hydrogen (secondary N) is 1. The first-order chi connectivity index (χ1) is 12.0. The minimum Gasteiger partial charge on any atom is -0.351 e. The number of carbonyl (C=O) groups is 1. The second-order valence-electron chi connectivity index (χ2n) is 6.26. The highest BCUT2D eigenvalue weighted by Crippen LogP contribution is 2.10. The summed E-state index contributed by atoms with van der Waals surface area (Å²) in [5.41, 5.74) is 4.77. The van der Waals surface area contributed by atoms with Gasteiger partial charge < -0.3 is 9.88 Å². The molecular formula is C19H23N5O. The predicted molar refractivity (Wildman–Crippen MR) is 97.0 cm³/mol. The summed E-state index contributed by atoms with van der Waals surface area (Å²) in [4.78, 5) is 16.4. The van der Waals surface area contributed by atoms with E-state index in [-0.39, 0.29) is 5.91 Å². The summed E-state index contributed by atoms with van der Waals surface area (Å²) in [6.07, 6.45) is 4.24. The predicted octanol–water partition coefficient (Wildman–Crippen LogP) is 2.81. The highest BCUT2D eigenvalue weighted by atomic mass is 16.1. The molecule has 1 N–H and O–H groups in total. The first-order valence-electron chi connectivity index (χ1n) is 8.43. The molecule has 3 aromatic rings.